The molecule has 52 valence electrons. The van der Waals surface area contributed by atoms with Gasteiger partial charge in [-0.25, -0.2) is 0 Å². The van der Waals surface area contributed by atoms with Gasteiger partial charge >= 0.3 is 29.6 Å². The van der Waals surface area contributed by atoms with E-state index in [1.54, 1.807) is 0 Å². The summed E-state index contributed by atoms with van der Waals surface area (Å²) >= 11 is 0. The van der Waals surface area contributed by atoms with E-state index < -0.39 is 0 Å². The molecule has 10 heavy (non-hydrogen) atoms. The summed E-state index contributed by atoms with van der Waals surface area (Å²) in [4.78, 5) is 10.8. The molecular formula is C7H11NaO2. The van der Waals surface area contributed by atoms with Crippen molar-refractivity contribution in [2.24, 2.45) is 0 Å². The Morgan fingerprint density at radius 2 is 1.90 bits per heavy atom. The molecule has 0 aliphatic heterocycles. The Balaban J connectivity index is 0.000000810. The van der Waals surface area contributed by atoms with Crippen LogP contribution in [-0.2, 0) is 4.79 Å². The number of Topliss-reactive ketones (excluding diaryl/α,β-unsaturated/α-hetero) is 1. The number of aliphatic hydroxyl groups is 1. The van der Waals surface area contributed by atoms with E-state index in [0.717, 1.165) is 25.5 Å². The van der Waals surface area contributed by atoms with Gasteiger partial charge in [0.1, 0.15) is 0 Å². The van der Waals surface area contributed by atoms with Gasteiger partial charge < -0.3 is 5.11 Å². The number of carbonyl (C=O) groups is 1. The minimum absolute atomic E-state index is 0. The summed E-state index contributed by atoms with van der Waals surface area (Å²) in [5.41, 5.74) is 0.598. The first-order chi connectivity index (χ1) is 4.34. The minimum atomic E-state index is 0. The van der Waals surface area contributed by atoms with Crippen molar-refractivity contribution in [1.82, 2.24) is 0 Å². The molecule has 0 bridgehead atoms. The predicted molar refractivity (Wildman–Crippen MR) is 41.3 cm³/mol. The normalized spacial score (nSPS) is 22.4. The number of ketones is 1. The summed E-state index contributed by atoms with van der Waals surface area (Å²) in [6, 6.07) is 0. The van der Waals surface area contributed by atoms with Crippen molar-refractivity contribution in [2.75, 3.05) is 0 Å². The second kappa shape index (κ2) is 4.94. The molecule has 0 aromatic carbocycles. The van der Waals surface area contributed by atoms with E-state index in [4.69, 9.17) is 5.11 Å². The average molecular weight is 150 g/mol. The molecule has 1 fully saturated rings. The Bertz CT molecular complexity index is 152. The van der Waals surface area contributed by atoms with Gasteiger partial charge in [-0.2, -0.15) is 0 Å². The van der Waals surface area contributed by atoms with Crippen LogP contribution < -0.4 is 0 Å². The maximum absolute atomic E-state index is 10.8. The summed E-state index contributed by atoms with van der Waals surface area (Å²) in [7, 11) is 0. The van der Waals surface area contributed by atoms with Crippen LogP contribution >= 0.6 is 0 Å². The average Bonchev–Trinajstić information content (AvgIpc) is 1.89. The van der Waals surface area contributed by atoms with Gasteiger partial charge in [0.2, 0.25) is 0 Å². The zero-order valence-electron chi connectivity index (χ0n) is 5.26. The summed E-state index contributed by atoms with van der Waals surface area (Å²) in [6.45, 7) is 0. The van der Waals surface area contributed by atoms with E-state index in [1.807, 2.05) is 0 Å². The van der Waals surface area contributed by atoms with E-state index in [0.29, 0.717) is 12.0 Å². The van der Waals surface area contributed by atoms with Crippen molar-refractivity contribution in [3.05, 3.63) is 11.8 Å². The third kappa shape index (κ3) is 2.45. The van der Waals surface area contributed by atoms with Gasteiger partial charge in [0.05, 0.1) is 6.26 Å². The molecule has 0 atom stereocenters. The van der Waals surface area contributed by atoms with Crippen LogP contribution in [0.2, 0.25) is 0 Å². The second-order valence-electron chi connectivity index (χ2n) is 2.28. The topological polar surface area (TPSA) is 37.3 Å². The fourth-order valence-corrected chi connectivity index (χ4v) is 1.04. The Morgan fingerprint density at radius 3 is 2.30 bits per heavy atom. The molecule has 1 N–H and O–H groups in total. The summed E-state index contributed by atoms with van der Waals surface area (Å²) in [5, 5.41) is 8.48. The molecular weight excluding hydrogens is 139 g/mol. The molecule has 3 heteroatoms. The standard InChI is InChI=1S/C7H10O2.Na.H/c8-5-6-3-1-2-4-7(6)9;;/h5,8H,1-4H2;;. The van der Waals surface area contributed by atoms with Crippen molar-refractivity contribution in [1.29, 1.82) is 0 Å². The molecule has 1 aliphatic carbocycles. The monoisotopic (exact) mass is 150 g/mol. The zero-order chi connectivity index (χ0) is 6.69. The summed E-state index contributed by atoms with van der Waals surface area (Å²) < 4.78 is 0. The quantitative estimate of drug-likeness (QED) is 0.317. The predicted octanol–water partition coefficient (Wildman–Crippen LogP) is 0.923. The van der Waals surface area contributed by atoms with Crippen LogP contribution in [0.25, 0.3) is 0 Å². The molecule has 0 spiro atoms. The van der Waals surface area contributed by atoms with E-state index in [1.165, 1.54) is 0 Å². The molecule has 0 heterocycles. The Hall–Kier alpha value is 0.210. The van der Waals surface area contributed by atoms with E-state index in [2.05, 4.69) is 0 Å². The van der Waals surface area contributed by atoms with Crippen molar-refractivity contribution in [3.63, 3.8) is 0 Å². The number of aliphatic hydroxyl groups excluding tert-OH is 1. The molecule has 0 amide bonds. The first-order valence-corrected chi connectivity index (χ1v) is 3.21. The number of rotatable bonds is 0. The maximum atomic E-state index is 10.8. The third-order valence-corrected chi connectivity index (χ3v) is 1.61. The Morgan fingerprint density at radius 1 is 1.30 bits per heavy atom. The zero-order valence-corrected chi connectivity index (χ0v) is 5.26. The molecule has 0 saturated heterocycles. The van der Waals surface area contributed by atoms with Gasteiger partial charge in [-0.1, -0.05) is 0 Å². The summed E-state index contributed by atoms with van der Waals surface area (Å²) in [6.07, 6.45) is 4.34. The van der Waals surface area contributed by atoms with Crippen LogP contribution in [0.3, 0.4) is 0 Å². The molecule has 0 aromatic heterocycles. The first kappa shape index (κ1) is 10.2. The fraction of sp³-hybridized carbons (Fsp3) is 0.571. The number of hydrogen-bond acceptors (Lipinski definition) is 2. The number of allylic oxidation sites excluding steroid dienone is 1. The second-order valence-corrected chi connectivity index (χ2v) is 2.28. The molecule has 1 aliphatic rings. The van der Waals surface area contributed by atoms with E-state index >= 15 is 0 Å². The van der Waals surface area contributed by atoms with Gasteiger partial charge in [0, 0.05) is 12.0 Å². The SMILES string of the molecule is O=C1CCCCC1=CO.[NaH]. The van der Waals surface area contributed by atoms with Gasteiger partial charge in [-0.3, -0.25) is 4.79 Å². The van der Waals surface area contributed by atoms with Crippen molar-refractivity contribution in [2.45, 2.75) is 25.7 Å². The third-order valence-electron chi connectivity index (χ3n) is 1.61. The van der Waals surface area contributed by atoms with E-state index in [-0.39, 0.29) is 35.3 Å². The molecule has 1 saturated carbocycles. The molecule has 0 radical (unpaired) electrons. The first-order valence-electron chi connectivity index (χ1n) is 3.21. The number of hydrogen-bond donors (Lipinski definition) is 1. The van der Waals surface area contributed by atoms with Crippen molar-refractivity contribution < 1.29 is 9.90 Å². The van der Waals surface area contributed by atoms with Crippen LogP contribution in [0, 0.1) is 0 Å². The number of carbonyl (C=O) groups excluding carboxylic acids is 1. The molecule has 1 rings (SSSR count). The Labute approximate surface area is 82.6 Å². The van der Waals surface area contributed by atoms with Gasteiger partial charge in [-0.15, -0.1) is 0 Å². The van der Waals surface area contributed by atoms with Gasteiger partial charge in [0.15, 0.2) is 5.78 Å². The van der Waals surface area contributed by atoms with Gasteiger partial charge in [0.25, 0.3) is 0 Å². The van der Waals surface area contributed by atoms with Crippen LogP contribution in [0.15, 0.2) is 11.8 Å². The van der Waals surface area contributed by atoms with Crippen LogP contribution in [0.1, 0.15) is 25.7 Å². The molecule has 2 nitrogen and oxygen atoms in total. The van der Waals surface area contributed by atoms with Crippen molar-refractivity contribution >= 4 is 35.3 Å². The summed E-state index contributed by atoms with van der Waals surface area (Å²) in [5.74, 6) is 0.115. The van der Waals surface area contributed by atoms with Crippen molar-refractivity contribution in [3.8, 4) is 0 Å². The molecule has 0 unspecified atom stereocenters. The van der Waals surface area contributed by atoms with E-state index in [9.17, 15) is 4.79 Å². The van der Waals surface area contributed by atoms with Crippen LogP contribution in [-0.4, -0.2) is 40.4 Å². The molecule has 0 aromatic rings. The van der Waals surface area contributed by atoms with Crippen LogP contribution in [0.4, 0.5) is 0 Å². The Kier molecular flexibility index (Phi) is 5.04. The fourth-order valence-electron chi connectivity index (χ4n) is 1.04. The van der Waals surface area contributed by atoms with Gasteiger partial charge in [-0.05, 0) is 19.3 Å². The van der Waals surface area contributed by atoms with Crippen LogP contribution in [0.5, 0.6) is 0 Å².